The molecule has 0 fully saturated rings. The van der Waals surface area contributed by atoms with Crippen molar-refractivity contribution in [3.05, 3.63) is 50.6 Å². The Bertz CT molecular complexity index is 778. The van der Waals surface area contributed by atoms with Crippen LogP contribution in [-0.4, -0.2) is 15.5 Å². The first-order valence-electron chi connectivity index (χ1n) is 5.96. The average Bonchev–Trinajstić information content (AvgIpc) is 2.42. The van der Waals surface area contributed by atoms with Crippen LogP contribution in [0.25, 0.3) is 0 Å². The third kappa shape index (κ3) is 3.81. The smallest absolute Gasteiger partial charge is 0.261 e. The van der Waals surface area contributed by atoms with E-state index < -0.39 is 10.0 Å². The molecule has 0 heterocycles. The fraction of sp³-hybridized carbons (Fsp3) is 0.143. The summed E-state index contributed by atoms with van der Waals surface area (Å²) in [5.74, 6) is 0.632. The third-order valence-corrected chi connectivity index (χ3v) is 5.49. The van der Waals surface area contributed by atoms with Gasteiger partial charge in [0.2, 0.25) is 0 Å². The second-order valence-electron chi connectivity index (χ2n) is 4.37. The van der Waals surface area contributed by atoms with Crippen molar-refractivity contribution in [2.24, 2.45) is 0 Å². The van der Waals surface area contributed by atoms with Crippen molar-refractivity contribution in [2.75, 3.05) is 11.8 Å². The molecule has 0 atom stereocenters. The summed E-state index contributed by atoms with van der Waals surface area (Å²) < 4.78 is 33.1. The van der Waals surface area contributed by atoms with Crippen LogP contribution in [0.15, 0.2) is 41.3 Å². The van der Waals surface area contributed by atoms with Crippen molar-refractivity contribution in [2.45, 2.75) is 11.8 Å². The fourth-order valence-corrected chi connectivity index (χ4v) is 3.89. The molecule has 1 N–H and O–H groups in total. The number of aryl methyl sites for hydroxylation is 1. The molecule has 0 amide bonds. The molecule has 0 bridgehead atoms. The molecule has 4 nitrogen and oxygen atoms in total. The van der Waals surface area contributed by atoms with Crippen LogP contribution in [0.5, 0.6) is 5.75 Å². The molecule has 0 spiro atoms. The minimum atomic E-state index is -3.66. The Kier molecular flexibility index (Phi) is 5.00. The second kappa shape index (κ2) is 6.41. The van der Waals surface area contributed by atoms with Crippen LogP contribution in [0.1, 0.15) is 5.56 Å². The van der Waals surface area contributed by atoms with Crippen molar-refractivity contribution < 1.29 is 13.2 Å². The van der Waals surface area contributed by atoms with E-state index in [-0.39, 0.29) is 4.90 Å². The van der Waals surface area contributed by atoms with Gasteiger partial charge in [0.15, 0.2) is 0 Å². The first-order chi connectivity index (χ1) is 9.83. The molecule has 0 saturated carbocycles. The summed E-state index contributed by atoms with van der Waals surface area (Å²) in [7, 11) is -2.12. The second-order valence-corrected chi connectivity index (χ2v) is 7.62. The summed E-state index contributed by atoms with van der Waals surface area (Å²) in [6, 6.07) is 9.70. The molecule has 2 rings (SSSR count). The molecule has 0 unspecified atom stereocenters. The Morgan fingerprint density at radius 1 is 1.19 bits per heavy atom. The molecule has 21 heavy (non-hydrogen) atoms. The summed E-state index contributed by atoms with van der Waals surface area (Å²) >= 11 is 8.03. The predicted molar refractivity (Wildman–Crippen MR) is 92.7 cm³/mol. The molecule has 0 aliphatic heterocycles. The van der Waals surface area contributed by atoms with Gasteiger partial charge in [0.25, 0.3) is 10.0 Å². The number of hydrogen-bond donors (Lipinski definition) is 1. The number of benzene rings is 2. The first kappa shape index (κ1) is 16.4. The highest BCUT2D eigenvalue weighted by molar-refractivity contribution is 14.1. The number of nitrogens with one attached hydrogen (secondary N) is 1. The monoisotopic (exact) mass is 437 g/mol. The Balaban J connectivity index is 2.33. The lowest BCUT2D eigenvalue weighted by molar-refractivity contribution is 0.411. The summed E-state index contributed by atoms with van der Waals surface area (Å²) in [6.45, 7) is 1.85. The molecule has 0 aromatic heterocycles. The van der Waals surface area contributed by atoms with Crippen LogP contribution in [0.4, 0.5) is 5.69 Å². The van der Waals surface area contributed by atoms with Crippen LogP contribution in [0.2, 0.25) is 5.02 Å². The summed E-state index contributed by atoms with van der Waals surface area (Å²) in [6.07, 6.45) is 0. The molecule has 2 aromatic rings. The molecule has 0 saturated heterocycles. The van der Waals surface area contributed by atoms with Crippen LogP contribution >= 0.6 is 34.2 Å². The zero-order chi connectivity index (χ0) is 15.6. The molecule has 0 radical (unpaired) electrons. The highest BCUT2D eigenvalue weighted by atomic mass is 127. The molecule has 0 aliphatic rings. The summed E-state index contributed by atoms with van der Waals surface area (Å²) in [4.78, 5) is 0.171. The normalized spacial score (nSPS) is 11.2. The van der Waals surface area contributed by atoms with E-state index in [2.05, 4.69) is 4.72 Å². The van der Waals surface area contributed by atoms with Gasteiger partial charge in [0.05, 0.1) is 21.3 Å². The molecule has 7 heteroatoms. The largest absolute Gasteiger partial charge is 0.496 e. The number of rotatable bonds is 4. The number of halogens is 2. The van der Waals surface area contributed by atoms with Crippen LogP contribution < -0.4 is 9.46 Å². The van der Waals surface area contributed by atoms with Gasteiger partial charge < -0.3 is 4.74 Å². The maximum Gasteiger partial charge on any atom is 0.261 e. The van der Waals surface area contributed by atoms with E-state index in [1.807, 2.05) is 29.5 Å². The number of hydrogen-bond acceptors (Lipinski definition) is 3. The minimum absolute atomic E-state index is 0.171. The van der Waals surface area contributed by atoms with E-state index >= 15 is 0 Å². The maximum absolute atomic E-state index is 12.4. The van der Waals surface area contributed by atoms with E-state index in [1.54, 1.807) is 30.3 Å². The topological polar surface area (TPSA) is 55.4 Å². The molecule has 2 aromatic carbocycles. The van der Waals surface area contributed by atoms with Crippen LogP contribution in [-0.2, 0) is 10.0 Å². The predicted octanol–water partition coefficient (Wildman–Crippen LogP) is 4.06. The number of methoxy groups -OCH3 is 1. The Labute approximate surface area is 142 Å². The van der Waals surface area contributed by atoms with Gasteiger partial charge >= 0.3 is 0 Å². The number of anilines is 1. The van der Waals surface area contributed by atoms with E-state index in [0.717, 1.165) is 9.13 Å². The Hall–Kier alpha value is -0.990. The van der Waals surface area contributed by atoms with E-state index in [1.165, 1.54) is 13.2 Å². The van der Waals surface area contributed by atoms with Crippen molar-refractivity contribution in [1.82, 2.24) is 0 Å². The van der Waals surface area contributed by atoms with Crippen LogP contribution in [0.3, 0.4) is 0 Å². The van der Waals surface area contributed by atoms with Gasteiger partial charge in [-0.1, -0.05) is 17.7 Å². The van der Waals surface area contributed by atoms with Crippen LogP contribution in [0, 0.1) is 10.5 Å². The van der Waals surface area contributed by atoms with Gasteiger partial charge in [0.1, 0.15) is 5.75 Å². The van der Waals surface area contributed by atoms with Gasteiger partial charge in [0, 0.05) is 5.02 Å². The van der Waals surface area contributed by atoms with Crippen molar-refractivity contribution in [1.29, 1.82) is 0 Å². The van der Waals surface area contributed by atoms with E-state index in [4.69, 9.17) is 16.3 Å². The summed E-state index contributed by atoms with van der Waals surface area (Å²) in [5, 5.41) is 0.513. The third-order valence-electron chi connectivity index (χ3n) is 2.86. The van der Waals surface area contributed by atoms with E-state index in [9.17, 15) is 8.42 Å². The fourth-order valence-electron chi connectivity index (χ4n) is 1.68. The first-order valence-corrected chi connectivity index (χ1v) is 8.90. The minimum Gasteiger partial charge on any atom is -0.496 e. The lowest BCUT2D eigenvalue weighted by Crippen LogP contribution is -2.13. The van der Waals surface area contributed by atoms with Gasteiger partial charge in [-0.15, -0.1) is 0 Å². The lowest BCUT2D eigenvalue weighted by Gasteiger charge is -2.11. The zero-order valence-corrected chi connectivity index (χ0v) is 15.1. The Morgan fingerprint density at radius 2 is 1.90 bits per heavy atom. The Morgan fingerprint density at radius 3 is 2.48 bits per heavy atom. The van der Waals surface area contributed by atoms with Gasteiger partial charge in [-0.3, -0.25) is 4.72 Å². The van der Waals surface area contributed by atoms with Gasteiger partial charge in [-0.2, -0.15) is 0 Å². The van der Waals surface area contributed by atoms with Crippen molar-refractivity contribution >= 4 is 49.9 Å². The highest BCUT2D eigenvalue weighted by Crippen LogP contribution is 2.26. The van der Waals surface area contributed by atoms with Gasteiger partial charge in [-0.25, -0.2) is 8.42 Å². The maximum atomic E-state index is 12.4. The van der Waals surface area contributed by atoms with Gasteiger partial charge in [-0.05, 0) is 65.4 Å². The van der Waals surface area contributed by atoms with Crippen molar-refractivity contribution in [3.63, 3.8) is 0 Å². The highest BCUT2D eigenvalue weighted by Gasteiger charge is 2.16. The lowest BCUT2D eigenvalue weighted by atomic mass is 10.2. The van der Waals surface area contributed by atoms with E-state index in [0.29, 0.717) is 16.5 Å². The average molecular weight is 438 g/mol. The quantitative estimate of drug-likeness (QED) is 0.734. The molecular weight excluding hydrogens is 425 g/mol. The van der Waals surface area contributed by atoms with Crippen molar-refractivity contribution in [3.8, 4) is 5.75 Å². The molecular formula is C14H13ClINO3S. The SMILES string of the molecule is COc1ccc(S(=O)(=O)Nc2ccc(C)c(Cl)c2)cc1I. The zero-order valence-electron chi connectivity index (χ0n) is 11.4. The molecule has 112 valence electrons. The number of sulfonamides is 1. The summed E-state index contributed by atoms with van der Waals surface area (Å²) in [5.41, 5.74) is 1.31. The standard InChI is InChI=1S/C14H13ClINO3S/c1-9-3-4-10(7-12(9)15)17-21(18,19)11-5-6-14(20-2)13(16)8-11/h3-8,17H,1-2H3. The number of ether oxygens (including phenoxy) is 1. The molecule has 0 aliphatic carbocycles.